The highest BCUT2D eigenvalue weighted by molar-refractivity contribution is 9.10. The molecule has 0 saturated carbocycles. The summed E-state index contributed by atoms with van der Waals surface area (Å²) in [5.41, 5.74) is 7.83. The molecule has 0 amide bonds. The van der Waals surface area contributed by atoms with E-state index in [9.17, 15) is 0 Å². The van der Waals surface area contributed by atoms with Crippen molar-refractivity contribution in [2.45, 2.75) is 19.8 Å². The average Bonchev–Trinajstić information content (AvgIpc) is 2.59. The fraction of sp³-hybridized carbons (Fsp3) is 0.364. The van der Waals surface area contributed by atoms with Crippen molar-refractivity contribution in [2.75, 3.05) is 6.54 Å². The molecule has 2 heterocycles. The first-order chi connectivity index (χ1) is 7.27. The van der Waals surface area contributed by atoms with Gasteiger partial charge in [-0.15, -0.1) is 0 Å². The largest absolute Gasteiger partial charge is 0.330 e. The first-order valence-electron chi connectivity index (χ1n) is 5.12. The molecule has 2 aromatic heterocycles. The fourth-order valence-electron chi connectivity index (χ4n) is 1.79. The van der Waals surface area contributed by atoms with Crippen LogP contribution in [-0.4, -0.2) is 15.9 Å². The molecule has 15 heavy (non-hydrogen) atoms. The summed E-state index contributed by atoms with van der Waals surface area (Å²) in [6.45, 7) is 2.75. The zero-order chi connectivity index (χ0) is 10.8. The van der Waals surface area contributed by atoms with E-state index in [-0.39, 0.29) is 0 Å². The molecule has 0 radical (unpaired) electrons. The van der Waals surface area contributed by atoms with Crippen LogP contribution < -0.4 is 5.73 Å². The molecule has 80 valence electrons. The molecule has 0 spiro atoms. The monoisotopic (exact) mass is 267 g/mol. The van der Waals surface area contributed by atoms with Gasteiger partial charge < -0.3 is 5.73 Å². The second-order valence-electron chi connectivity index (χ2n) is 3.44. The van der Waals surface area contributed by atoms with Gasteiger partial charge in [-0.3, -0.25) is 4.40 Å². The molecule has 0 aliphatic heterocycles. The zero-order valence-electron chi connectivity index (χ0n) is 8.70. The first-order valence-corrected chi connectivity index (χ1v) is 5.92. The van der Waals surface area contributed by atoms with Gasteiger partial charge in [-0.1, -0.05) is 13.0 Å². The topological polar surface area (TPSA) is 43.3 Å². The Morgan fingerprint density at radius 1 is 1.47 bits per heavy atom. The SMILES string of the molecule is CCc1nc(CCN)c2cccc(Br)n12. The molecular formula is C11H14BrN3. The molecule has 4 heteroatoms. The molecule has 2 rings (SSSR count). The summed E-state index contributed by atoms with van der Waals surface area (Å²) in [7, 11) is 0. The van der Waals surface area contributed by atoms with Crippen LogP contribution in [0, 0.1) is 0 Å². The number of hydrogen-bond donors (Lipinski definition) is 1. The number of nitrogens with two attached hydrogens (primary N) is 1. The summed E-state index contributed by atoms with van der Waals surface area (Å²) in [4.78, 5) is 4.61. The van der Waals surface area contributed by atoms with Gasteiger partial charge in [0, 0.05) is 12.8 Å². The molecule has 0 saturated heterocycles. The Hall–Kier alpha value is -0.870. The number of aromatic nitrogens is 2. The highest BCUT2D eigenvalue weighted by Crippen LogP contribution is 2.20. The van der Waals surface area contributed by atoms with E-state index in [1.54, 1.807) is 0 Å². The molecule has 0 unspecified atom stereocenters. The van der Waals surface area contributed by atoms with Crippen LogP contribution in [0.2, 0.25) is 0 Å². The van der Waals surface area contributed by atoms with Crippen LogP contribution in [-0.2, 0) is 12.8 Å². The van der Waals surface area contributed by atoms with E-state index in [2.05, 4.69) is 38.3 Å². The van der Waals surface area contributed by atoms with Gasteiger partial charge in [0.1, 0.15) is 5.82 Å². The molecule has 0 atom stereocenters. The van der Waals surface area contributed by atoms with Gasteiger partial charge in [0.05, 0.1) is 15.8 Å². The van der Waals surface area contributed by atoms with Crippen LogP contribution in [0.25, 0.3) is 5.52 Å². The van der Waals surface area contributed by atoms with Gasteiger partial charge in [-0.2, -0.15) is 0 Å². The van der Waals surface area contributed by atoms with Crippen molar-refractivity contribution in [3.8, 4) is 0 Å². The van der Waals surface area contributed by atoms with Crippen LogP contribution >= 0.6 is 15.9 Å². The molecule has 0 aliphatic rings. The molecule has 0 aliphatic carbocycles. The van der Waals surface area contributed by atoms with Crippen LogP contribution in [0.3, 0.4) is 0 Å². The molecule has 2 aromatic rings. The number of aryl methyl sites for hydroxylation is 1. The summed E-state index contributed by atoms with van der Waals surface area (Å²) < 4.78 is 3.19. The maximum Gasteiger partial charge on any atom is 0.114 e. The van der Waals surface area contributed by atoms with E-state index in [0.29, 0.717) is 6.54 Å². The minimum absolute atomic E-state index is 0.641. The van der Waals surface area contributed by atoms with Gasteiger partial charge in [0.15, 0.2) is 0 Å². The van der Waals surface area contributed by atoms with E-state index in [0.717, 1.165) is 34.5 Å². The molecular weight excluding hydrogens is 254 g/mol. The average molecular weight is 268 g/mol. The minimum Gasteiger partial charge on any atom is -0.330 e. The van der Waals surface area contributed by atoms with Crippen molar-refractivity contribution in [3.63, 3.8) is 0 Å². The molecule has 3 nitrogen and oxygen atoms in total. The third kappa shape index (κ3) is 1.79. The number of imidazole rings is 1. The Labute approximate surface area is 97.4 Å². The van der Waals surface area contributed by atoms with Crippen LogP contribution in [0.5, 0.6) is 0 Å². The third-order valence-corrected chi connectivity index (χ3v) is 3.08. The smallest absolute Gasteiger partial charge is 0.114 e. The highest BCUT2D eigenvalue weighted by atomic mass is 79.9. The van der Waals surface area contributed by atoms with Crippen molar-refractivity contribution >= 4 is 21.4 Å². The predicted molar refractivity (Wildman–Crippen MR) is 65.0 cm³/mol. The van der Waals surface area contributed by atoms with E-state index >= 15 is 0 Å². The molecule has 0 bridgehead atoms. The number of hydrogen-bond acceptors (Lipinski definition) is 2. The summed E-state index contributed by atoms with van der Waals surface area (Å²) in [6, 6.07) is 6.14. The number of fused-ring (bicyclic) bond motifs is 1. The molecule has 0 aromatic carbocycles. The van der Waals surface area contributed by atoms with Gasteiger partial charge >= 0.3 is 0 Å². The van der Waals surface area contributed by atoms with Crippen molar-refractivity contribution in [1.82, 2.24) is 9.38 Å². The quantitative estimate of drug-likeness (QED) is 0.867. The number of nitrogens with zero attached hydrogens (tertiary/aromatic N) is 2. The Kier molecular flexibility index (Phi) is 3.07. The van der Waals surface area contributed by atoms with Crippen molar-refractivity contribution in [3.05, 3.63) is 34.3 Å². The van der Waals surface area contributed by atoms with Gasteiger partial charge in [0.25, 0.3) is 0 Å². The summed E-state index contributed by atoms with van der Waals surface area (Å²) in [5, 5.41) is 0. The number of rotatable bonds is 3. The summed E-state index contributed by atoms with van der Waals surface area (Å²) in [6.07, 6.45) is 1.76. The Bertz CT molecular complexity index is 476. The molecule has 0 fully saturated rings. The molecule has 2 N–H and O–H groups in total. The predicted octanol–water partition coefficient (Wildman–Crippen LogP) is 2.16. The van der Waals surface area contributed by atoms with Gasteiger partial charge in [-0.05, 0) is 34.6 Å². The van der Waals surface area contributed by atoms with E-state index in [1.165, 1.54) is 0 Å². The lowest BCUT2D eigenvalue weighted by atomic mass is 10.2. The maximum absolute atomic E-state index is 5.58. The van der Waals surface area contributed by atoms with Crippen LogP contribution in [0.15, 0.2) is 22.8 Å². The van der Waals surface area contributed by atoms with Crippen molar-refractivity contribution in [1.29, 1.82) is 0 Å². The second-order valence-corrected chi connectivity index (χ2v) is 4.25. The minimum atomic E-state index is 0.641. The van der Waals surface area contributed by atoms with Gasteiger partial charge in [-0.25, -0.2) is 4.98 Å². The van der Waals surface area contributed by atoms with Crippen molar-refractivity contribution in [2.24, 2.45) is 5.73 Å². The lowest BCUT2D eigenvalue weighted by molar-refractivity contribution is 0.893. The Morgan fingerprint density at radius 3 is 2.93 bits per heavy atom. The number of pyridine rings is 1. The van der Waals surface area contributed by atoms with Crippen LogP contribution in [0.1, 0.15) is 18.4 Å². The maximum atomic E-state index is 5.58. The third-order valence-electron chi connectivity index (χ3n) is 2.46. The first kappa shape index (κ1) is 10.6. The van der Waals surface area contributed by atoms with E-state index < -0.39 is 0 Å². The van der Waals surface area contributed by atoms with Crippen molar-refractivity contribution < 1.29 is 0 Å². The lowest BCUT2D eigenvalue weighted by Crippen LogP contribution is -2.03. The van der Waals surface area contributed by atoms with E-state index in [1.807, 2.05) is 12.1 Å². The normalized spacial score (nSPS) is 11.1. The highest BCUT2D eigenvalue weighted by Gasteiger charge is 2.10. The van der Waals surface area contributed by atoms with E-state index in [4.69, 9.17) is 5.73 Å². The summed E-state index contributed by atoms with van der Waals surface area (Å²) in [5.74, 6) is 1.08. The zero-order valence-corrected chi connectivity index (χ0v) is 10.3. The summed E-state index contributed by atoms with van der Waals surface area (Å²) >= 11 is 3.54. The Morgan fingerprint density at radius 2 is 2.27 bits per heavy atom. The number of halogens is 1. The lowest BCUT2D eigenvalue weighted by Gasteiger charge is -2.01. The standard InChI is InChI=1S/C11H14BrN3/c1-2-11-14-8(6-7-13)9-4-3-5-10(12)15(9)11/h3-5H,2,6-7,13H2,1H3. The van der Waals surface area contributed by atoms with Gasteiger partial charge in [0.2, 0.25) is 0 Å². The Balaban J connectivity index is 2.69. The fourth-order valence-corrected chi connectivity index (χ4v) is 2.34. The second kappa shape index (κ2) is 4.33. The van der Waals surface area contributed by atoms with Crippen LogP contribution in [0.4, 0.5) is 0 Å².